The molecule has 0 amide bonds. The van der Waals surface area contributed by atoms with E-state index < -0.39 is 0 Å². The van der Waals surface area contributed by atoms with Crippen LogP contribution in [0.4, 0.5) is 11.4 Å². The van der Waals surface area contributed by atoms with E-state index in [1.165, 1.54) is 5.69 Å². The largest absolute Gasteiger partial charge is 0.361 e. The Morgan fingerprint density at radius 1 is 0.839 bits per heavy atom. The second-order valence-corrected chi connectivity index (χ2v) is 8.73. The van der Waals surface area contributed by atoms with Crippen molar-refractivity contribution in [2.24, 2.45) is 10.4 Å². The van der Waals surface area contributed by atoms with Crippen molar-refractivity contribution in [3.63, 3.8) is 0 Å². The number of hydrogen-bond acceptors (Lipinski definition) is 5. The molecule has 2 aliphatic rings. The Hall–Kier alpha value is -3.80. The molecule has 0 radical (unpaired) electrons. The summed E-state index contributed by atoms with van der Waals surface area (Å²) in [7, 11) is 0. The Morgan fingerprint density at radius 3 is 2.42 bits per heavy atom. The molecule has 0 bridgehead atoms. The number of nitrogens with zero attached hydrogens (tertiary/aromatic N) is 6. The Kier molecular flexibility index (Phi) is 3.84. The van der Waals surface area contributed by atoms with Crippen LogP contribution in [0.3, 0.4) is 0 Å². The number of fused-ring (bicyclic) bond motifs is 7. The quantitative estimate of drug-likeness (QED) is 0.361. The molecule has 6 nitrogen and oxygen atoms in total. The van der Waals surface area contributed by atoms with Crippen molar-refractivity contribution in [2.75, 3.05) is 11.4 Å². The van der Waals surface area contributed by atoms with Gasteiger partial charge >= 0.3 is 0 Å². The fraction of sp³-hybridized carbons (Fsp3) is 0.200. The van der Waals surface area contributed by atoms with Gasteiger partial charge in [0, 0.05) is 24.4 Å². The van der Waals surface area contributed by atoms with E-state index in [4.69, 9.17) is 0 Å². The summed E-state index contributed by atoms with van der Waals surface area (Å²) in [6.45, 7) is 5.74. The van der Waals surface area contributed by atoms with E-state index >= 15 is 0 Å². The van der Waals surface area contributed by atoms with E-state index in [0.29, 0.717) is 17.1 Å². The van der Waals surface area contributed by atoms with Crippen molar-refractivity contribution in [1.29, 1.82) is 0 Å². The molecule has 0 aliphatic carbocycles. The molecule has 0 spiro atoms. The molecule has 1 unspecified atom stereocenters. The van der Waals surface area contributed by atoms with E-state index in [9.17, 15) is 0 Å². The number of hydrogen-bond donors (Lipinski definition) is 0. The van der Waals surface area contributed by atoms with Gasteiger partial charge in [-0.2, -0.15) is 0 Å². The maximum Gasteiger partial charge on any atom is 0.198 e. The van der Waals surface area contributed by atoms with Crippen LogP contribution in [0.2, 0.25) is 0 Å². The van der Waals surface area contributed by atoms with E-state index in [0.717, 1.165) is 34.6 Å². The first-order chi connectivity index (χ1) is 15.1. The molecule has 0 saturated carbocycles. The molecule has 1 fully saturated rings. The molecular formula is C25H22N6. The smallest absolute Gasteiger partial charge is 0.198 e. The van der Waals surface area contributed by atoms with Gasteiger partial charge in [0.1, 0.15) is 5.65 Å². The average Bonchev–Trinajstić information content (AvgIpc) is 3.15. The second kappa shape index (κ2) is 6.60. The van der Waals surface area contributed by atoms with Crippen molar-refractivity contribution in [2.45, 2.75) is 19.9 Å². The highest BCUT2D eigenvalue weighted by Crippen LogP contribution is 2.45. The highest BCUT2D eigenvalue weighted by Gasteiger charge is 2.46. The Balaban J connectivity index is 0.000000122. The van der Waals surface area contributed by atoms with Crippen molar-refractivity contribution in [1.82, 2.24) is 19.4 Å². The van der Waals surface area contributed by atoms with E-state index in [1.807, 2.05) is 59.1 Å². The lowest BCUT2D eigenvalue weighted by Gasteiger charge is -2.55. The molecule has 1 atom stereocenters. The van der Waals surface area contributed by atoms with Crippen LogP contribution < -0.4 is 4.90 Å². The van der Waals surface area contributed by atoms with Crippen LogP contribution in [0.15, 0.2) is 77.9 Å². The SMILES string of the molecule is CC1(C)CN2c3ccccc3N=CC21.c1ccc2nc3c(nc2c1)nc1ccccn13. The van der Waals surface area contributed by atoms with Gasteiger partial charge in [0.05, 0.1) is 28.5 Å². The van der Waals surface area contributed by atoms with Gasteiger partial charge in [-0.3, -0.25) is 9.39 Å². The molecule has 0 N–H and O–H groups in total. The standard InChI is InChI=1S/C13H8N4.C12H14N2/c1-2-6-10-9(5-1)14-12-13(15-10)17-8-4-3-7-11(17)16-12;1-12(2)8-14-10-6-4-3-5-9(10)13-7-11(12)14/h1-8H;3-7,11H,8H2,1-2H3. The molecule has 152 valence electrons. The molecule has 7 rings (SSSR count). The minimum Gasteiger partial charge on any atom is -0.361 e. The van der Waals surface area contributed by atoms with Crippen molar-refractivity contribution >= 4 is 45.6 Å². The van der Waals surface area contributed by atoms with E-state index in [-0.39, 0.29) is 0 Å². The van der Waals surface area contributed by atoms with Gasteiger partial charge < -0.3 is 4.90 Å². The van der Waals surface area contributed by atoms with Crippen LogP contribution in [0.5, 0.6) is 0 Å². The fourth-order valence-electron chi connectivity index (χ4n) is 4.46. The molecule has 5 aromatic rings. The first-order valence-corrected chi connectivity index (χ1v) is 10.5. The summed E-state index contributed by atoms with van der Waals surface area (Å²) in [5.74, 6) is 0. The molecular weight excluding hydrogens is 384 g/mol. The predicted molar refractivity (Wildman–Crippen MR) is 125 cm³/mol. The van der Waals surface area contributed by atoms with E-state index in [1.54, 1.807) is 0 Å². The van der Waals surface area contributed by atoms with E-state index in [2.05, 4.69) is 63.1 Å². The Morgan fingerprint density at radius 2 is 1.58 bits per heavy atom. The van der Waals surface area contributed by atoms with Crippen LogP contribution in [0.25, 0.3) is 28.0 Å². The number of pyridine rings is 1. The number of aliphatic imine (C=N–C) groups is 1. The van der Waals surface area contributed by atoms with Gasteiger partial charge in [-0.25, -0.2) is 15.0 Å². The summed E-state index contributed by atoms with van der Waals surface area (Å²) in [4.78, 5) is 20.5. The Bertz CT molecular complexity index is 1460. The summed E-state index contributed by atoms with van der Waals surface area (Å²) < 4.78 is 1.95. The number of aromatic nitrogens is 4. The van der Waals surface area contributed by atoms with Gasteiger partial charge in [-0.15, -0.1) is 0 Å². The topological polar surface area (TPSA) is 58.7 Å². The van der Waals surface area contributed by atoms with Crippen LogP contribution in [-0.2, 0) is 0 Å². The van der Waals surface area contributed by atoms with Crippen LogP contribution >= 0.6 is 0 Å². The second-order valence-electron chi connectivity index (χ2n) is 8.73. The highest BCUT2D eigenvalue weighted by molar-refractivity contribution is 5.87. The minimum atomic E-state index is 0.386. The zero-order valence-corrected chi connectivity index (χ0v) is 17.5. The van der Waals surface area contributed by atoms with Gasteiger partial charge in [0.2, 0.25) is 0 Å². The van der Waals surface area contributed by atoms with Gasteiger partial charge in [-0.1, -0.05) is 44.2 Å². The number of anilines is 1. The maximum atomic E-state index is 4.60. The molecule has 3 aromatic heterocycles. The Labute approximate surface area is 179 Å². The summed E-state index contributed by atoms with van der Waals surface area (Å²) in [6.07, 6.45) is 4.04. The monoisotopic (exact) mass is 406 g/mol. The molecule has 5 heterocycles. The van der Waals surface area contributed by atoms with Gasteiger partial charge in [0.25, 0.3) is 0 Å². The number of rotatable bonds is 0. The average molecular weight is 406 g/mol. The lowest BCUT2D eigenvalue weighted by molar-refractivity contribution is 0.234. The zero-order valence-electron chi connectivity index (χ0n) is 17.5. The van der Waals surface area contributed by atoms with Gasteiger partial charge in [-0.05, 0) is 36.4 Å². The third-order valence-corrected chi connectivity index (χ3v) is 6.08. The third kappa shape index (κ3) is 2.86. The van der Waals surface area contributed by atoms with Crippen molar-refractivity contribution in [3.05, 3.63) is 72.9 Å². The van der Waals surface area contributed by atoms with Gasteiger partial charge in [0.15, 0.2) is 11.3 Å². The summed E-state index contributed by atoms with van der Waals surface area (Å²) in [5.41, 5.74) is 6.93. The first kappa shape index (κ1) is 18.0. The lowest BCUT2D eigenvalue weighted by Crippen LogP contribution is -2.63. The molecule has 6 heteroatoms. The summed E-state index contributed by atoms with van der Waals surface area (Å²) >= 11 is 0. The van der Waals surface area contributed by atoms with Crippen molar-refractivity contribution in [3.8, 4) is 0 Å². The van der Waals surface area contributed by atoms with Crippen LogP contribution in [0, 0.1) is 5.41 Å². The molecule has 2 aromatic carbocycles. The summed E-state index contributed by atoms with van der Waals surface area (Å²) in [5, 5.41) is 0. The zero-order chi connectivity index (χ0) is 21.0. The third-order valence-electron chi connectivity index (χ3n) is 6.08. The highest BCUT2D eigenvalue weighted by atomic mass is 15.3. The molecule has 2 aliphatic heterocycles. The molecule has 31 heavy (non-hydrogen) atoms. The number of para-hydroxylation sites is 4. The van der Waals surface area contributed by atoms with Crippen LogP contribution in [-0.4, -0.2) is 38.2 Å². The lowest BCUT2D eigenvalue weighted by atomic mass is 9.74. The van der Waals surface area contributed by atoms with Crippen LogP contribution in [0.1, 0.15) is 13.8 Å². The first-order valence-electron chi connectivity index (χ1n) is 10.5. The fourth-order valence-corrected chi connectivity index (χ4v) is 4.46. The number of imidazole rings is 1. The molecule has 1 saturated heterocycles. The normalized spacial score (nSPS) is 18.3. The maximum absolute atomic E-state index is 4.60. The summed E-state index contributed by atoms with van der Waals surface area (Å²) in [6, 6.07) is 22.6. The number of benzene rings is 2. The minimum absolute atomic E-state index is 0.386. The van der Waals surface area contributed by atoms with Crippen molar-refractivity contribution < 1.29 is 0 Å². The predicted octanol–water partition coefficient (Wildman–Crippen LogP) is 5.05.